The van der Waals surface area contributed by atoms with Crippen molar-refractivity contribution >= 4 is 0 Å². The topological polar surface area (TPSA) is 40.7 Å². The van der Waals surface area contributed by atoms with Crippen LogP contribution < -0.4 is 5.32 Å². The molecule has 1 saturated carbocycles. The Labute approximate surface area is 118 Å². The van der Waals surface area contributed by atoms with Crippen LogP contribution in [0.3, 0.4) is 0 Å². The minimum absolute atomic E-state index is 0.179. The van der Waals surface area contributed by atoms with E-state index >= 15 is 0 Å². The normalized spacial score (nSPS) is 17.9. The summed E-state index contributed by atoms with van der Waals surface area (Å²) in [6, 6.07) is 7.35. The zero-order valence-corrected chi connectivity index (χ0v) is 11.6. The summed E-state index contributed by atoms with van der Waals surface area (Å²) < 4.78 is 13.1. The molecule has 1 aliphatic carbocycles. The van der Waals surface area contributed by atoms with Gasteiger partial charge in [0.05, 0.1) is 6.04 Å². The zero-order valence-electron chi connectivity index (χ0n) is 11.6. The van der Waals surface area contributed by atoms with Gasteiger partial charge < -0.3 is 10.3 Å². The average molecular weight is 273 g/mol. The lowest BCUT2D eigenvalue weighted by atomic mass is 10.0. The highest BCUT2D eigenvalue weighted by Gasteiger charge is 2.33. The van der Waals surface area contributed by atoms with E-state index in [0.29, 0.717) is 5.92 Å². The molecule has 20 heavy (non-hydrogen) atoms. The van der Waals surface area contributed by atoms with Crippen molar-refractivity contribution in [3.63, 3.8) is 0 Å². The summed E-state index contributed by atoms with van der Waals surface area (Å²) in [5, 5.41) is 3.69. The largest absolute Gasteiger partial charge is 0.347 e. The number of hydrogen-bond acceptors (Lipinski definition) is 2. The number of rotatable bonds is 6. The van der Waals surface area contributed by atoms with E-state index in [-0.39, 0.29) is 17.9 Å². The van der Waals surface area contributed by atoms with Gasteiger partial charge in [-0.2, -0.15) is 0 Å². The number of nitrogens with zero attached hydrogens (tertiary/aromatic N) is 1. The first-order chi connectivity index (χ1) is 9.78. The standard InChI is InChI=1S/C16H20FN3/c1-2-14(16-18-9-10-19-16)20-15(11-3-4-11)12-5-7-13(17)8-6-12/h5-11,14-15,20H,2-4H2,1H3,(H,18,19). The number of aromatic nitrogens is 2. The van der Waals surface area contributed by atoms with Crippen molar-refractivity contribution in [1.29, 1.82) is 0 Å². The van der Waals surface area contributed by atoms with Crippen molar-refractivity contribution in [3.05, 3.63) is 53.9 Å². The second-order valence-corrected chi connectivity index (χ2v) is 5.47. The fourth-order valence-electron chi connectivity index (χ4n) is 2.68. The van der Waals surface area contributed by atoms with E-state index in [0.717, 1.165) is 12.2 Å². The quantitative estimate of drug-likeness (QED) is 0.841. The van der Waals surface area contributed by atoms with E-state index in [4.69, 9.17) is 0 Å². The fraction of sp³-hybridized carbons (Fsp3) is 0.438. The van der Waals surface area contributed by atoms with Gasteiger partial charge in [-0.3, -0.25) is 0 Å². The Morgan fingerprint density at radius 2 is 2.10 bits per heavy atom. The molecule has 1 aromatic heterocycles. The molecule has 1 fully saturated rings. The second kappa shape index (κ2) is 5.75. The fourth-order valence-corrected chi connectivity index (χ4v) is 2.68. The summed E-state index contributed by atoms with van der Waals surface area (Å²) in [6.07, 6.45) is 7.08. The lowest BCUT2D eigenvalue weighted by molar-refractivity contribution is 0.391. The molecule has 106 valence electrons. The van der Waals surface area contributed by atoms with Crippen LogP contribution in [0.25, 0.3) is 0 Å². The number of imidazole rings is 1. The molecule has 3 nitrogen and oxygen atoms in total. The van der Waals surface area contributed by atoms with E-state index in [1.165, 1.54) is 18.4 Å². The number of aromatic amines is 1. The van der Waals surface area contributed by atoms with Gasteiger partial charge in [-0.15, -0.1) is 0 Å². The molecule has 3 rings (SSSR count). The molecule has 0 amide bonds. The third kappa shape index (κ3) is 2.90. The predicted octanol–water partition coefficient (Wildman–Crippen LogP) is 3.74. The highest BCUT2D eigenvalue weighted by Crippen LogP contribution is 2.42. The van der Waals surface area contributed by atoms with Crippen molar-refractivity contribution in [3.8, 4) is 0 Å². The van der Waals surface area contributed by atoms with Gasteiger partial charge in [0, 0.05) is 18.4 Å². The molecule has 2 atom stereocenters. The molecule has 1 heterocycles. The Balaban J connectivity index is 1.79. The molecule has 2 N–H and O–H groups in total. The maximum absolute atomic E-state index is 13.1. The summed E-state index contributed by atoms with van der Waals surface area (Å²) in [7, 11) is 0. The molecule has 2 aromatic rings. The first-order valence-corrected chi connectivity index (χ1v) is 7.28. The maximum atomic E-state index is 13.1. The molecular formula is C16H20FN3. The maximum Gasteiger partial charge on any atom is 0.123 e. The van der Waals surface area contributed by atoms with Gasteiger partial charge >= 0.3 is 0 Å². The summed E-state index contributed by atoms with van der Waals surface area (Å²) >= 11 is 0. The SMILES string of the molecule is CCC(NC(c1ccc(F)cc1)C1CC1)c1ncc[nH]1. The Morgan fingerprint density at radius 1 is 1.35 bits per heavy atom. The second-order valence-electron chi connectivity index (χ2n) is 5.47. The van der Waals surface area contributed by atoms with Crippen LogP contribution in [-0.2, 0) is 0 Å². The van der Waals surface area contributed by atoms with E-state index < -0.39 is 0 Å². The Bertz CT molecular complexity index is 531. The van der Waals surface area contributed by atoms with Crippen LogP contribution in [0.1, 0.15) is 49.7 Å². The number of H-pyrrole nitrogens is 1. The number of halogens is 1. The van der Waals surface area contributed by atoms with Crippen molar-refractivity contribution in [1.82, 2.24) is 15.3 Å². The Morgan fingerprint density at radius 3 is 2.65 bits per heavy atom. The van der Waals surface area contributed by atoms with Gasteiger partial charge in [0.25, 0.3) is 0 Å². The average Bonchev–Trinajstić information content (AvgIpc) is 3.16. The molecule has 0 bridgehead atoms. The number of nitrogens with one attached hydrogen (secondary N) is 2. The summed E-state index contributed by atoms with van der Waals surface area (Å²) in [5.74, 6) is 1.45. The molecule has 0 spiro atoms. The molecule has 0 saturated heterocycles. The lowest BCUT2D eigenvalue weighted by Gasteiger charge is -2.24. The van der Waals surface area contributed by atoms with Crippen LogP contribution in [-0.4, -0.2) is 9.97 Å². The minimum Gasteiger partial charge on any atom is -0.347 e. The molecule has 1 aromatic carbocycles. The Kier molecular flexibility index (Phi) is 3.83. The predicted molar refractivity (Wildman–Crippen MR) is 76.6 cm³/mol. The highest BCUT2D eigenvalue weighted by atomic mass is 19.1. The van der Waals surface area contributed by atoms with Crippen molar-refractivity contribution < 1.29 is 4.39 Å². The third-order valence-electron chi connectivity index (χ3n) is 3.96. The number of hydrogen-bond donors (Lipinski definition) is 2. The van der Waals surface area contributed by atoms with Gasteiger partial charge in [0.2, 0.25) is 0 Å². The van der Waals surface area contributed by atoms with E-state index in [1.807, 2.05) is 18.3 Å². The number of benzene rings is 1. The molecular weight excluding hydrogens is 253 g/mol. The van der Waals surface area contributed by atoms with Gasteiger partial charge in [-0.1, -0.05) is 19.1 Å². The highest BCUT2D eigenvalue weighted by molar-refractivity contribution is 5.22. The third-order valence-corrected chi connectivity index (χ3v) is 3.96. The smallest absolute Gasteiger partial charge is 0.123 e. The molecule has 1 aliphatic rings. The van der Waals surface area contributed by atoms with Crippen LogP contribution in [0.2, 0.25) is 0 Å². The van der Waals surface area contributed by atoms with Gasteiger partial charge in [0.15, 0.2) is 0 Å². The summed E-state index contributed by atoms with van der Waals surface area (Å²) in [6.45, 7) is 2.15. The van der Waals surface area contributed by atoms with Crippen LogP contribution in [0.5, 0.6) is 0 Å². The van der Waals surface area contributed by atoms with Crippen molar-refractivity contribution in [2.45, 2.75) is 38.3 Å². The van der Waals surface area contributed by atoms with Crippen LogP contribution in [0, 0.1) is 11.7 Å². The van der Waals surface area contributed by atoms with E-state index in [9.17, 15) is 4.39 Å². The van der Waals surface area contributed by atoms with Gasteiger partial charge in [-0.25, -0.2) is 9.37 Å². The minimum atomic E-state index is -0.179. The van der Waals surface area contributed by atoms with Crippen molar-refractivity contribution in [2.75, 3.05) is 0 Å². The first-order valence-electron chi connectivity index (χ1n) is 7.28. The summed E-state index contributed by atoms with van der Waals surface area (Å²) in [5.41, 5.74) is 1.17. The van der Waals surface area contributed by atoms with Crippen molar-refractivity contribution in [2.24, 2.45) is 5.92 Å². The molecule has 0 aliphatic heterocycles. The van der Waals surface area contributed by atoms with Crippen LogP contribution >= 0.6 is 0 Å². The van der Waals surface area contributed by atoms with Gasteiger partial charge in [0.1, 0.15) is 11.6 Å². The Hall–Kier alpha value is -1.68. The van der Waals surface area contributed by atoms with E-state index in [1.54, 1.807) is 18.3 Å². The molecule has 2 unspecified atom stereocenters. The zero-order chi connectivity index (χ0) is 13.9. The monoisotopic (exact) mass is 273 g/mol. The summed E-state index contributed by atoms with van der Waals surface area (Å²) in [4.78, 5) is 7.53. The van der Waals surface area contributed by atoms with Crippen LogP contribution in [0.15, 0.2) is 36.7 Å². The molecule has 0 radical (unpaired) electrons. The van der Waals surface area contributed by atoms with E-state index in [2.05, 4.69) is 22.2 Å². The first kappa shape index (κ1) is 13.3. The van der Waals surface area contributed by atoms with Gasteiger partial charge in [-0.05, 0) is 42.9 Å². The lowest BCUT2D eigenvalue weighted by Crippen LogP contribution is -2.28. The van der Waals surface area contributed by atoms with Crippen LogP contribution in [0.4, 0.5) is 4.39 Å². The molecule has 4 heteroatoms.